The van der Waals surface area contributed by atoms with E-state index < -0.39 is 18.3 Å². The standard InChI is InChI=1S/C17H17BClNO3/c1-16(2)17(3,4)23-18(22-16)11-6-5-7-12-13(11)10-8-9-20-15(19)14(10)21-12/h5-9H,1-4H3. The van der Waals surface area contributed by atoms with Crippen molar-refractivity contribution < 1.29 is 13.7 Å². The van der Waals surface area contributed by atoms with Crippen molar-refractivity contribution in [2.75, 3.05) is 0 Å². The molecular formula is C17H17BClNO3. The first-order chi connectivity index (χ1) is 10.8. The number of hydrogen-bond acceptors (Lipinski definition) is 4. The Kier molecular flexibility index (Phi) is 3.08. The maximum Gasteiger partial charge on any atom is 0.495 e. The molecule has 1 aliphatic heterocycles. The molecule has 3 heterocycles. The predicted octanol–water partition coefficient (Wildman–Crippen LogP) is 3.93. The highest BCUT2D eigenvalue weighted by Crippen LogP contribution is 2.38. The molecule has 2 aromatic heterocycles. The van der Waals surface area contributed by atoms with Crippen LogP contribution in [0.15, 0.2) is 34.9 Å². The molecule has 0 saturated carbocycles. The van der Waals surface area contributed by atoms with Gasteiger partial charge in [0, 0.05) is 17.0 Å². The third-order valence-corrected chi connectivity index (χ3v) is 5.18. The fourth-order valence-electron chi connectivity index (χ4n) is 2.91. The Hall–Kier alpha value is -1.56. The second-order valence-corrected chi connectivity index (χ2v) is 7.25. The van der Waals surface area contributed by atoms with E-state index in [4.69, 9.17) is 25.3 Å². The smallest absolute Gasteiger partial charge is 0.453 e. The summed E-state index contributed by atoms with van der Waals surface area (Å²) < 4.78 is 18.3. The van der Waals surface area contributed by atoms with Gasteiger partial charge >= 0.3 is 7.12 Å². The summed E-state index contributed by atoms with van der Waals surface area (Å²) in [7, 11) is -0.448. The summed E-state index contributed by atoms with van der Waals surface area (Å²) in [5, 5.41) is 2.24. The van der Waals surface area contributed by atoms with Gasteiger partial charge < -0.3 is 13.7 Å². The SMILES string of the molecule is CC1(C)OB(c2cccc3oc4c(Cl)nccc4c23)OC1(C)C. The summed E-state index contributed by atoms with van der Waals surface area (Å²) in [5.41, 5.74) is 1.51. The van der Waals surface area contributed by atoms with Crippen molar-refractivity contribution in [2.45, 2.75) is 38.9 Å². The zero-order valence-corrected chi connectivity index (χ0v) is 14.3. The molecule has 6 heteroatoms. The Labute approximate surface area is 139 Å². The molecule has 1 aromatic carbocycles. The highest BCUT2D eigenvalue weighted by molar-refractivity contribution is 6.66. The number of nitrogens with zero attached hydrogens (tertiary/aromatic N) is 1. The Morgan fingerprint density at radius 3 is 2.43 bits per heavy atom. The van der Waals surface area contributed by atoms with E-state index >= 15 is 0 Å². The summed E-state index contributed by atoms with van der Waals surface area (Å²) in [6.45, 7) is 8.17. The fraction of sp³-hybridized carbons (Fsp3) is 0.353. The monoisotopic (exact) mass is 329 g/mol. The Morgan fingerprint density at radius 1 is 1.04 bits per heavy atom. The summed E-state index contributed by atoms with van der Waals surface area (Å²) >= 11 is 6.16. The fourth-order valence-corrected chi connectivity index (χ4v) is 3.11. The third-order valence-electron chi connectivity index (χ3n) is 4.91. The topological polar surface area (TPSA) is 44.5 Å². The maximum absolute atomic E-state index is 6.19. The van der Waals surface area contributed by atoms with E-state index in [1.54, 1.807) is 6.20 Å². The first-order valence-corrected chi connectivity index (χ1v) is 7.99. The van der Waals surface area contributed by atoms with Gasteiger partial charge in [-0.25, -0.2) is 4.98 Å². The number of halogens is 1. The number of furan rings is 1. The first kappa shape index (κ1) is 15.0. The molecule has 0 bridgehead atoms. The van der Waals surface area contributed by atoms with Crippen LogP contribution in [0.5, 0.6) is 0 Å². The molecule has 0 amide bonds. The highest BCUT2D eigenvalue weighted by Gasteiger charge is 2.52. The molecule has 118 valence electrons. The first-order valence-electron chi connectivity index (χ1n) is 7.61. The second kappa shape index (κ2) is 4.73. The zero-order valence-electron chi connectivity index (χ0n) is 13.5. The van der Waals surface area contributed by atoms with Crippen molar-refractivity contribution in [3.63, 3.8) is 0 Å². The molecule has 0 aliphatic carbocycles. The number of rotatable bonds is 1. The molecule has 23 heavy (non-hydrogen) atoms. The van der Waals surface area contributed by atoms with Crippen LogP contribution in [0.25, 0.3) is 21.9 Å². The van der Waals surface area contributed by atoms with Crippen LogP contribution in [0.4, 0.5) is 0 Å². The minimum atomic E-state index is -0.448. The molecule has 4 nitrogen and oxygen atoms in total. The molecule has 1 saturated heterocycles. The summed E-state index contributed by atoms with van der Waals surface area (Å²) in [6.07, 6.45) is 1.68. The van der Waals surface area contributed by atoms with Crippen molar-refractivity contribution in [2.24, 2.45) is 0 Å². The van der Waals surface area contributed by atoms with Crippen molar-refractivity contribution >= 4 is 46.1 Å². The maximum atomic E-state index is 6.19. The molecule has 3 aromatic rings. The van der Waals surface area contributed by atoms with E-state index in [2.05, 4.69) is 4.98 Å². The van der Waals surface area contributed by atoms with E-state index in [0.717, 1.165) is 21.8 Å². The molecule has 0 N–H and O–H groups in total. The van der Waals surface area contributed by atoms with Gasteiger partial charge in [-0.1, -0.05) is 23.7 Å². The highest BCUT2D eigenvalue weighted by atomic mass is 35.5. The van der Waals surface area contributed by atoms with Gasteiger partial charge in [-0.05, 0) is 45.3 Å². The second-order valence-electron chi connectivity index (χ2n) is 6.89. The van der Waals surface area contributed by atoms with Crippen LogP contribution < -0.4 is 5.46 Å². The lowest BCUT2D eigenvalue weighted by atomic mass is 9.76. The summed E-state index contributed by atoms with van der Waals surface area (Å²) in [5.74, 6) is 0. The normalized spacial score (nSPS) is 19.8. The molecule has 0 atom stereocenters. The quantitative estimate of drug-likeness (QED) is 0.501. The van der Waals surface area contributed by atoms with Crippen molar-refractivity contribution in [1.29, 1.82) is 0 Å². The predicted molar refractivity (Wildman–Crippen MR) is 92.2 cm³/mol. The minimum Gasteiger partial charge on any atom is -0.453 e. The summed E-state index contributed by atoms with van der Waals surface area (Å²) in [6, 6.07) is 7.77. The Balaban J connectivity index is 1.95. The molecular weight excluding hydrogens is 312 g/mol. The van der Waals surface area contributed by atoms with E-state index in [1.807, 2.05) is 52.0 Å². The van der Waals surface area contributed by atoms with E-state index in [1.165, 1.54) is 0 Å². The minimum absolute atomic E-state index is 0.360. The van der Waals surface area contributed by atoms with E-state index in [9.17, 15) is 0 Å². The van der Waals surface area contributed by atoms with Gasteiger partial charge in [-0.3, -0.25) is 0 Å². The van der Waals surface area contributed by atoms with Gasteiger partial charge in [0.15, 0.2) is 10.7 Å². The Bertz CT molecular complexity index is 903. The van der Waals surface area contributed by atoms with Crippen molar-refractivity contribution in [3.05, 3.63) is 35.6 Å². The summed E-state index contributed by atoms with van der Waals surface area (Å²) in [4.78, 5) is 4.09. The van der Waals surface area contributed by atoms with Crippen LogP contribution in [-0.2, 0) is 9.31 Å². The van der Waals surface area contributed by atoms with E-state index in [-0.39, 0.29) is 0 Å². The Morgan fingerprint density at radius 2 is 1.74 bits per heavy atom. The average Bonchev–Trinajstić information content (AvgIpc) is 2.95. The molecule has 1 fully saturated rings. The number of benzene rings is 1. The number of fused-ring (bicyclic) bond motifs is 3. The number of pyridine rings is 1. The lowest BCUT2D eigenvalue weighted by Gasteiger charge is -2.32. The molecule has 1 aliphatic rings. The van der Waals surface area contributed by atoms with Gasteiger partial charge in [0.2, 0.25) is 0 Å². The van der Waals surface area contributed by atoms with Gasteiger partial charge in [0.1, 0.15) is 5.58 Å². The molecule has 0 spiro atoms. The zero-order chi connectivity index (χ0) is 16.4. The van der Waals surface area contributed by atoms with Gasteiger partial charge in [0.05, 0.1) is 11.2 Å². The van der Waals surface area contributed by atoms with Gasteiger partial charge in [-0.15, -0.1) is 0 Å². The van der Waals surface area contributed by atoms with Crippen LogP contribution >= 0.6 is 11.6 Å². The van der Waals surface area contributed by atoms with Crippen molar-refractivity contribution in [1.82, 2.24) is 4.98 Å². The molecule has 0 radical (unpaired) electrons. The van der Waals surface area contributed by atoms with Crippen LogP contribution in [0.1, 0.15) is 27.7 Å². The third kappa shape index (κ3) is 2.11. The van der Waals surface area contributed by atoms with Crippen LogP contribution in [0.3, 0.4) is 0 Å². The van der Waals surface area contributed by atoms with Crippen LogP contribution in [0.2, 0.25) is 5.15 Å². The van der Waals surface area contributed by atoms with E-state index in [0.29, 0.717) is 10.7 Å². The molecule has 4 rings (SSSR count). The lowest BCUT2D eigenvalue weighted by molar-refractivity contribution is 0.00578. The average molecular weight is 330 g/mol. The van der Waals surface area contributed by atoms with Gasteiger partial charge in [0.25, 0.3) is 0 Å². The number of aromatic nitrogens is 1. The van der Waals surface area contributed by atoms with Crippen LogP contribution in [0, 0.1) is 0 Å². The lowest BCUT2D eigenvalue weighted by Crippen LogP contribution is -2.41. The molecule has 0 unspecified atom stereocenters. The van der Waals surface area contributed by atoms with Crippen LogP contribution in [-0.4, -0.2) is 23.3 Å². The van der Waals surface area contributed by atoms with Crippen molar-refractivity contribution in [3.8, 4) is 0 Å². The number of hydrogen-bond donors (Lipinski definition) is 0. The largest absolute Gasteiger partial charge is 0.495 e. The van der Waals surface area contributed by atoms with Gasteiger partial charge in [-0.2, -0.15) is 0 Å².